The van der Waals surface area contributed by atoms with E-state index in [0.29, 0.717) is 19.3 Å². The molecule has 0 N–H and O–H groups in total. The van der Waals surface area contributed by atoms with Gasteiger partial charge < -0.3 is 14.2 Å². The molecule has 484 valence electrons. The maximum absolute atomic E-state index is 12.9. The summed E-state index contributed by atoms with van der Waals surface area (Å²) in [6.45, 7) is 6.54. The molecule has 0 aromatic rings. The number of ether oxygens (including phenoxy) is 3. The van der Waals surface area contributed by atoms with Crippen LogP contribution in [-0.2, 0) is 28.6 Å². The van der Waals surface area contributed by atoms with Gasteiger partial charge in [-0.15, -0.1) is 0 Å². The van der Waals surface area contributed by atoms with Gasteiger partial charge in [-0.25, -0.2) is 0 Å². The van der Waals surface area contributed by atoms with Crippen LogP contribution in [0.1, 0.15) is 393 Å². The zero-order valence-corrected chi connectivity index (χ0v) is 55.7. The number of rotatable bonds is 68. The van der Waals surface area contributed by atoms with Crippen molar-refractivity contribution in [3.8, 4) is 0 Å². The van der Waals surface area contributed by atoms with Gasteiger partial charge in [0.15, 0.2) is 6.10 Å². The summed E-state index contributed by atoms with van der Waals surface area (Å²) in [6.07, 6.45) is 92.8. The van der Waals surface area contributed by atoms with E-state index >= 15 is 0 Å². The molecule has 0 saturated carbocycles. The molecule has 0 fully saturated rings. The predicted molar refractivity (Wildman–Crippen MR) is 362 cm³/mol. The summed E-state index contributed by atoms with van der Waals surface area (Å²) in [5, 5.41) is 0. The lowest BCUT2D eigenvalue weighted by Gasteiger charge is -2.18. The van der Waals surface area contributed by atoms with Crippen LogP contribution in [0.2, 0.25) is 0 Å². The van der Waals surface area contributed by atoms with Crippen LogP contribution in [0.25, 0.3) is 0 Å². The number of allylic oxidation sites excluding steroid dienone is 10. The zero-order chi connectivity index (χ0) is 59.9. The molecule has 6 heteroatoms. The monoisotopic (exact) mass is 1160 g/mol. The standard InChI is InChI=1S/C77H140O6/c1-4-7-10-13-16-19-22-25-28-30-31-32-33-34-35-36-37-38-39-40-41-42-43-44-45-47-49-52-55-58-61-64-67-70-76(79)82-73-74(72-81-75(78)69-66-63-60-57-54-51-48-27-24-21-18-15-12-9-6-3)83-77(80)71-68-65-62-59-56-53-50-46-29-26-23-20-17-14-11-8-5-2/h9,12,17-18,20-21,26-27,29,48,74H,4-8,10-11,13-16,19,22-25,28,30-47,49-73H2,1-3H3/b12-9-,20-17-,21-18-,29-26-,48-27-. The van der Waals surface area contributed by atoms with Gasteiger partial charge in [-0.2, -0.15) is 0 Å². The van der Waals surface area contributed by atoms with Crippen LogP contribution < -0.4 is 0 Å². The fraction of sp³-hybridized carbons (Fsp3) is 0.831. The Labute approximate surface area is 517 Å². The molecule has 0 aromatic heterocycles. The third-order valence-electron chi connectivity index (χ3n) is 16.5. The molecule has 0 saturated heterocycles. The van der Waals surface area contributed by atoms with E-state index in [1.54, 1.807) is 0 Å². The first-order chi connectivity index (χ1) is 41.0. The minimum Gasteiger partial charge on any atom is -0.462 e. The second kappa shape index (κ2) is 71.6. The number of hydrogen-bond acceptors (Lipinski definition) is 6. The van der Waals surface area contributed by atoms with Gasteiger partial charge in [0.1, 0.15) is 13.2 Å². The smallest absolute Gasteiger partial charge is 0.306 e. The quantitative estimate of drug-likeness (QED) is 0.0261. The van der Waals surface area contributed by atoms with Crippen molar-refractivity contribution < 1.29 is 28.6 Å². The Morgan fingerprint density at radius 1 is 0.253 bits per heavy atom. The first-order valence-corrected chi connectivity index (χ1v) is 36.8. The van der Waals surface area contributed by atoms with Gasteiger partial charge in [0.05, 0.1) is 0 Å². The van der Waals surface area contributed by atoms with Crippen molar-refractivity contribution in [2.75, 3.05) is 13.2 Å². The highest BCUT2D eigenvalue weighted by atomic mass is 16.6. The molecule has 0 rings (SSSR count). The lowest BCUT2D eigenvalue weighted by Crippen LogP contribution is -2.30. The highest BCUT2D eigenvalue weighted by Gasteiger charge is 2.19. The predicted octanol–water partition coefficient (Wildman–Crippen LogP) is 25.5. The summed E-state index contributed by atoms with van der Waals surface area (Å²) in [7, 11) is 0. The van der Waals surface area contributed by atoms with Gasteiger partial charge in [0.25, 0.3) is 0 Å². The molecule has 0 aliphatic rings. The highest BCUT2D eigenvalue weighted by molar-refractivity contribution is 5.71. The lowest BCUT2D eigenvalue weighted by molar-refractivity contribution is -0.167. The highest BCUT2D eigenvalue weighted by Crippen LogP contribution is 2.19. The third-order valence-corrected chi connectivity index (χ3v) is 16.5. The number of unbranched alkanes of at least 4 members (excludes halogenated alkanes) is 47. The van der Waals surface area contributed by atoms with Crippen molar-refractivity contribution in [1.29, 1.82) is 0 Å². The summed E-state index contributed by atoms with van der Waals surface area (Å²) in [4.78, 5) is 38.4. The van der Waals surface area contributed by atoms with Crippen molar-refractivity contribution in [2.45, 2.75) is 399 Å². The number of esters is 3. The van der Waals surface area contributed by atoms with E-state index < -0.39 is 6.10 Å². The van der Waals surface area contributed by atoms with Crippen molar-refractivity contribution in [1.82, 2.24) is 0 Å². The molecule has 1 unspecified atom stereocenters. The Hall–Kier alpha value is -2.89. The Morgan fingerprint density at radius 3 is 0.759 bits per heavy atom. The van der Waals surface area contributed by atoms with Gasteiger partial charge in [0, 0.05) is 19.3 Å². The SMILES string of the molecule is CC/C=C\C/C=C\C/C=C\CCCCCCCC(=O)OCC(COC(=O)CCCCCCCCCCCCCCCCCCCCCCCCCCCCCCCCCCC)OC(=O)CCCCCCCCC/C=C\C/C=C\CCCCC. The summed E-state index contributed by atoms with van der Waals surface area (Å²) in [5.41, 5.74) is 0. The number of carbonyl (C=O) groups excluding carboxylic acids is 3. The molecule has 0 amide bonds. The molecular formula is C77H140O6. The van der Waals surface area contributed by atoms with E-state index in [-0.39, 0.29) is 31.1 Å². The Bertz CT molecular complexity index is 1470. The van der Waals surface area contributed by atoms with Crippen LogP contribution in [0.3, 0.4) is 0 Å². The first kappa shape index (κ1) is 80.1. The Morgan fingerprint density at radius 2 is 0.470 bits per heavy atom. The molecular weight excluding hydrogens is 1020 g/mol. The number of carbonyl (C=O) groups is 3. The molecule has 0 spiro atoms. The maximum atomic E-state index is 12.9. The molecule has 0 aliphatic heterocycles. The van der Waals surface area contributed by atoms with E-state index in [2.05, 4.69) is 81.5 Å². The zero-order valence-electron chi connectivity index (χ0n) is 55.7. The molecule has 83 heavy (non-hydrogen) atoms. The van der Waals surface area contributed by atoms with Crippen LogP contribution in [-0.4, -0.2) is 37.2 Å². The van der Waals surface area contributed by atoms with Crippen molar-refractivity contribution >= 4 is 17.9 Å². The maximum Gasteiger partial charge on any atom is 0.306 e. The van der Waals surface area contributed by atoms with Gasteiger partial charge in [-0.05, 0) is 83.5 Å². The Kier molecular flexibility index (Phi) is 69.1. The van der Waals surface area contributed by atoms with Crippen LogP contribution in [0, 0.1) is 0 Å². The normalized spacial score (nSPS) is 12.4. The fourth-order valence-electron chi connectivity index (χ4n) is 11.0. The first-order valence-electron chi connectivity index (χ1n) is 36.8. The summed E-state index contributed by atoms with van der Waals surface area (Å²) < 4.78 is 17.0. The van der Waals surface area contributed by atoms with Crippen molar-refractivity contribution in [2.24, 2.45) is 0 Å². The molecule has 0 radical (unpaired) electrons. The second-order valence-electron chi connectivity index (χ2n) is 24.8. The van der Waals surface area contributed by atoms with Crippen LogP contribution in [0.5, 0.6) is 0 Å². The topological polar surface area (TPSA) is 78.9 Å². The molecule has 0 aromatic carbocycles. The third kappa shape index (κ3) is 69.8. The minimum atomic E-state index is -0.786. The van der Waals surface area contributed by atoms with Crippen molar-refractivity contribution in [3.63, 3.8) is 0 Å². The molecule has 6 nitrogen and oxygen atoms in total. The van der Waals surface area contributed by atoms with Gasteiger partial charge in [-0.3, -0.25) is 14.4 Å². The van der Waals surface area contributed by atoms with E-state index in [1.165, 1.54) is 244 Å². The largest absolute Gasteiger partial charge is 0.462 e. The van der Waals surface area contributed by atoms with Crippen LogP contribution in [0.4, 0.5) is 0 Å². The molecule has 0 heterocycles. The molecule has 1 atom stereocenters. The van der Waals surface area contributed by atoms with E-state index in [1.807, 2.05) is 0 Å². The van der Waals surface area contributed by atoms with Crippen LogP contribution >= 0.6 is 0 Å². The fourth-order valence-corrected chi connectivity index (χ4v) is 11.0. The average Bonchev–Trinajstić information content (AvgIpc) is 3.49. The van der Waals surface area contributed by atoms with Gasteiger partial charge in [0.2, 0.25) is 0 Å². The minimum absolute atomic E-state index is 0.0799. The van der Waals surface area contributed by atoms with E-state index in [4.69, 9.17) is 14.2 Å². The summed E-state index contributed by atoms with van der Waals surface area (Å²) >= 11 is 0. The van der Waals surface area contributed by atoms with E-state index in [0.717, 1.165) is 109 Å². The average molecular weight is 1160 g/mol. The molecule has 0 bridgehead atoms. The van der Waals surface area contributed by atoms with E-state index in [9.17, 15) is 14.4 Å². The summed E-state index contributed by atoms with van der Waals surface area (Å²) in [5.74, 6) is -0.883. The van der Waals surface area contributed by atoms with Crippen molar-refractivity contribution in [3.05, 3.63) is 60.8 Å². The Balaban J connectivity index is 4.15. The number of hydrogen-bond donors (Lipinski definition) is 0. The van der Waals surface area contributed by atoms with Gasteiger partial charge >= 0.3 is 17.9 Å². The second-order valence-corrected chi connectivity index (χ2v) is 24.8. The van der Waals surface area contributed by atoms with Crippen LogP contribution in [0.15, 0.2) is 60.8 Å². The van der Waals surface area contributed by atoms with Gasteiger partial charge in [-0.1, -0.05) is 351 Å². The summed E-state index contributed by atoms with van der Waals surface area (Å²) in [6, 6.07) is 0. The molecule has 0 aliphatic carbocycles. The lowest BCUT2D eigenvalue weighted by atomic mass is 10.0.